The number of carbonyl (C=O) groups excluding carboxylic acids is 1. The van der Waals surface area contributed by atoms with E-state index < -0.39 is 17.3 Å². The number of nitrogens with zero attached hydrogens (tertiary/aromatic N) is 6. The van der Waals surface area contributed by atoms with E-state index in [9.17, 15) is 9.59 Å². The molecular formula is C33H32F2N6O3. The summed E-state index contributed by atoms with van der Waals surface area (Å²) in [4.78, 5) is 43.9. The Morgan fingerprint density at radius 2 is 1.91 bits per heavy atom. The third-order valence-corrected chi connectivity index (χ3v) is 8.04. The maximum atomic E-state index is 16.1. The Labute approximate surface area is 252 Å². The number of halogens is 2. The quantitative estimate of drug-likeness (QED) is 0.232. The van der Waals surface area contributed by atoms with Gasteiger partial charge in [-0.3, -0.25) is 9.78 Å². The number of piperazine rings is 1. The number of aromatic nitrogens is 4. The predicted molar refractivity (Wildman–Crippen MR) is 165 cm³/mol. The van der Waals surface area contributed by atoms with Crippen LogP contribution < -0.4 is 10.6 Å². The molecule has 4 aromatic heterocycles. The number of amides is 1. The van der Waals surface area contributed by atoms with Gasteiger partial charge in [-0.2, -0.15) is 4.98 Å². The molecule has 9 nitrogen and oxygen atoms in total. The molecule has 0 saturated carbocycles. The molecule has 1 aliphatic rings. The standard InChI is InChI=1S/C33H32F2N6O3/c1-6-7-27(42)39-11-12-40(20(5)17-39)31-23-15-25(35)29(22-14-21-9-13-44-26(21)16-24(22)34)37-32(23)41(33(43)38-31)30-19(4)8-10-36-28(30)18(2)3/h6-10,13-16,18,20H,11-12,17H2,1-5H3/b7-6+/t20-/m0/s1. The van der Waals surface area contributed by atoms with Crippen LogP contribution in [0, 0.1) is 18.6 Å². The number of fused-ring (bicyclic) bond motifs is 2. The summed E-state index contributed by atoms with van der Waals surface area (Å²) < 4.78 is 38.1. The van der Waals surface area contributed by atoms with Crippen molar-refractivity contribution in [1.82, 2.24) is 24.4 Å². The highest BCUT2D eigenvalue weighted by Crippen LogP contribution is 2.35. The Hall–Kier alpha value is -4.93. The number of furan rings is 1. The fourth-order valence-electron chi connectivity index (χ4n) is 5.89. The van der Waals surface area contributed by atoms with Crippen LogP contribution in [0.25, 0.3) is 38.9 Å². The highest BCUT2D eigenvalue weighted by Gasteiger charge is 2.31. The van der Waals surface area contributed by atoms with Crippen molar-refractivity contribution in [2.45, 2.75) is 46.6 Å². The van der Waals surface area contributed by atoms with E-state index in [1.165, 1.54) is 35.1 Å². The van der Waals surface area contributed by atoms with Crippen molar-refractivity contribution >= 4 is 33.7 Å². The Kier molecular flexibility index (Phi) is 7.48. The van der Waals surface area contributed by atoms with E-state index in [1.54, 1.807) is 36.2 Å². The Morgan fingerprint density at radius 1 is 1.11 bits per heavy atom. The van der Waals surface area contributed by atoms with Gasteiger partial charge in [-0.25, -0.2) is 23.1 Å². The summed E-state index contributed by atoms with van der Waals surface area (Å²) in [6.45, 7) is 10.6. The zero-order valence-electron chi connectivity index (χ0n) is 25.1. The molecule has 1 amide bonds. The summed E-state index contributed by atoms with van der Waals surface area (Å²) in [5.41, 5.74) is 1.42. The van der Waals surface area contributed by atoms with Crippen LogP contribution in [-0.4, -0.2) is 56.0 Å². The second-order valence-electron chi connectivity index (χ2n) is 11.4. The van der Waals surface area contributed by atoms with E-state index in [-0.39, 0.29) is 46.0 Å². The number of benzene rings is 1. The minimum absolute atomic E-state index is 0.0600. The second kappa shape index (κ2) is 11.3. The predicted octanol–water partition coefficient (Wildman–Crippen LogP) is 5.91. The molecule has 0 aliphatic carbocycles. The van der Waals surface area contributed by atoms with Crippen LogP contribution in [-0.2, 0) is 4.79 Å². The van der Waals surface area contributed by atoms with E-state index in [2.05, 4.69) is 15.0 Å². The third-order valence-electron chi connectivity index (χ3n) is 8.04. The van der Waals surface area contributed by atoms with Gasteiger partial charge in [-0.1, -0.05) is 19.9 Å². The first kappa shape index (κ1) is 29.2. The summed E-state index contributed by atoms with van der Waals surface area (Å²) in [7, 11) is 0. The Bertz CT molecular complexity index is 2020. The topological polar surface area (TPSA) is 97.4 Å². The fourth-order valence-corrected chi connectivity index (χ4v) is 5.89. The molecule has 1 atom stereocenters. The van der Waals surface area contributed by atoms with E-state index in [0.29, 0.717) is 42.0 Å². The van der Waals surface area contributed by atoms with Gasteiger partial charge in [0.25, 0.3) is 0 Å². The number of hydrogen-bond acceptors (Lipinski definition) is 7. The van der Waals surface area contributed by atoms with Gasteiger partial charge < -0.3 is 14.2 Å². The van der Waals surface area contributed by atoms with Crippen molar-refractivity contribution in [3.8, 4) is 16.9 Å². The number of anilines is 1. The lowest BCUT2D eigenvalue weighted by Crippen LogP contribution is -2.54. The van der Waals surface area contributed by atoms with Crippen LogP contribution in [0.1, 0.15) is 44.9 Å². The van der Waals surface area contributed by atoms with Gasteiger partial charge in [-0.05, 0) is 62.6 Å². The smallest absolute Gasteiger partial charge is 0.355 e. The molecule has 1 aromatic carbocycles. The lowest BCUT2D eigenvalue weighted by Gasteiger charge is -2.40. The molecule has 1 saturated heterocycles. The summed E-state index contributed by atoms with van der Waals surface area (Å²) in [5.74, 6) is -1.39. The van der Waals surface area contributed by atoms with Gasteiger partial charge in [0, 0.05) is 48.9 Å². The first-order valence-corrected chi connectivity index (χ1v) is 14.5. The SMILES string of the molecule is C/C=C/C(=O)N1CCN(c2nc(=O)n(-c3c(C)ccnc3C(C)C)c3nc(-c4cc5ccoc5cc4F)c(F)cc23)[C@@H](C)C1. The van der Waals surface area contributed by atoms with Gasteiger partial charge in [0.05, 0.1) is 23.0 Å². The van der Waals surface area contributed by atoms with Crippen LogP contribution in [0.2, 0.25) is 0 Å². The number of pyridine rings is 2. The number of allylic oxidation sites excluding steroid dienone is 1. The van der Waals surface area contributed by atoms with Crippen LogP contribution in [0.4, 0.5) is 14.6 Å². The van der Waals surface area contributed by atoms with E-state index >= 15 is 8.78 Å². The van der Waals surface area contributed by atoms with Gasteiger partial charge in [-0.15, -0.1) is 0 Å². The largest absolute Gasteiger partial charge is 0.464 e. The maximum absolute atomic E-state index is 16.1. The lowest BCUT2D eigenvalue weighted by atomic mass is 10.0. The van der Waals surface area contributed by atoms with Gasteiger partial charge >= 0.3 is 5.69 Å². The molecule has 1 fully saturated rings. The highest BCUT2D eigenvalue weighted by molar-refractivity contribution is 5.92. The molecule has 11 heteroatoms. The van der Waals surface area contributed by atoms with E-state index in [0.717, 1.165) is 5.56 Å². The molecule has 5 aromatic rings. The van der Waals surface area contributed by atoms with Crippen molar-refractivity contribution in [3.05, 3.63) is 88.3 Å². The van der Waals surface area contributed by atoms with E-state index in [4.69, 9.17) is 4.42 Å². The van der Waals surface area contributed by atoms with Crippen LogP contribution in [0.5, 0.6) is 0 Å². The molecule has 0 bridgehead atoms. The van der Waals surface area contributed by atoms with Crippen LogP contribution >= 0.6 is 0 Å². The normalized spacial score (nSPS) is 15.8. The molecule has 5 heterocycles. The average molecular weight is 599 g/mol. The molecule has 6 rings (SSSR count). The molecule has 0 radical (unpaired) electrons. The number of hydrogen-bond donors (Lipinski definition) is 0. The zero-order valence-corrected chi connectivity index (χ0v) is 25.1. The number of rotatable bonds is 5. The summed E-state index contributed by atoms with van der Waals surface area (Å²) in [5, 5.41) is 0.869. The minimum Gasteiger partial charge on any atom is -0.464 e. The molecule has 1 aliphatic heterocycles. The minimum atomic E-state index is -0.769. The molecule has 226 valence electrons. The zero-order chi connectivity index (χ0) is 31.3. The molecular weight excluding hydrogens is 566 g/mol. The molecule has 44 heavy (non-hydrogen) atoms. The van der Waals surface area contributed by atoms with Gasteiger partial charge in [0.15, 0.2) is 5.65 Å². The summed E-state index contributed by atoms with van der Waals surface area (Å²) in [6, 6.07) is 7.14. The third kappa shape index (κ3) is 4.91. The van der Waals surface area contributed by atoms with Crippen molar-refractivity contribution in [2.75, 3.05) is 24.5 Å². The molecule has 0 N–H and O–H groups in total. The molecule has 0 unspecified atom stereocenters. The Balaban J connectivity index is 1.62. The second-order valence-corrected chi connectivity index (χ2v) is 11.4. The lowest BCUT2D eigenvalue weighted by molar-refractivity contribution is -0.126. The first-order chi connectivity index (χ1) is 21.1. The highest BCUT2D eigenvalue weighted by atomic mass is 19.1. The summed E-state index contributed by atoms with van der Waals surface area (Å²) in [6.07, 6.45) is 6.31. The summed E-state index contributed by atoms with van der Waals surface area (Å²) >= 11 is 0. The first-order valence-electron chi connectivity index (χ1n) is 14.5. The number of aryl methyl sites for hydroxylation is 1. The monoisotopic (exact) mass is 598 g/mol. The Morgan fingerprint density at radius 3 is 2.64 bits per heavy atom. The van der Waals surface area contributed by atoms with Crippen LogP contribution in [0.15, 0.2) is 64.2 Å². The van der Waals surface area contributed by atoms with Crippen molar-refractivity contribution in [2.24, 2.45) is 0 Å². The van der Waals surface area contributed by atoms with Gasteiger partial charge in [0.1, 0.15) is 28.7 Å². The fraction of sp³-hybridized carbons (Fsp3) is 0.303. The van der Waals surface area contributed by atoms with Crippen molar-refractivity contribution in [3.63, 3.8) is 0 Å². The van der Waals surface area contributed by atoms with Crippen molar-refractivity contribution in [1.29, 1.82) is 0 Å². The number of carbonyl (C=O) groups is 1. The van der Waals surface area contributed by atoms with Gasteiger partial charge in [0.2, 0.25) is 5.91 Å². The van der Waals surface area contributed by atoms with Crippen molar-refractivity contribution < 1.29 is 18.0 Å². The van der Waals surface area contributed by atoms with Crippen LogP contribution in [0.3, 0.4) is 0 Å². The molecule has 0 spiro atoms. The maximum Gasteiger partial charge on any atom is 0.355 e. The average Bonchev–Trinajstić information content (AvgIpc) is 3.44. The van der Waals surface area contributed by atoms with E-state index in [1.807, 2.05) is 32.6 Å².